The Morgan fingerprint density at radius 2 is 1.94 bits per heavy atom. The van der Waals surface area contributed by atoms with Gasteiger partial charge in [0.05, 0.1) is 0 Å². The summed E-state index contributed by atoms with van der Waals surface area (Å²) in [7, 11) is 0. The van der Waals surface area contributed by atoms with Crippen molar-refractivity contribution in [1.82, 2.24) is 14.8 Å². The molecular formula is C27H34ClN3O3. The van der Waals surface area contributed by atoms with E-state index in [-0.39, 0.29) is 23.8 Å². The second-order valence-electron chi connectivity index (χ2n) is 9.61. The molecule has 1 aromatic heterocycles. The van der Waals surface area contributed by atoms with Gasteiger partial charge in [-0.2, -0.15) is 0 Å². The molecule has 0 N–H and O–H groups in total. The second-order valence-corrected chi connectivity index (χ2v) is 10.0. The molecule has 1 amide bonds. The van der Waals surface area contributed by atoms with E-state index >= 15 is 0 Å². The van der Waals surface area contributed by atoms with Crippen molar-refractivity contribution in [1.29, 1.82) is 0 Å². The van der Waals surface area contributed by atoms with Crippen LogP contribution in [0.1, 0.15) is 58.9 Å². The highest BCUT2D eigenvalue weighted by molar-refractivity contribution is 6.30. The number of hydrogen-bond donors (Lipinski definition) is 0. The number of amides is 1. The molecule has 0 bridgehead atoms. The third kappa shape index (κ3) is 5.85. The van der Waals surface area contributed by atoms with Crippen molar-refractivity contribution in [2.24, 2.45) is 0 Å². The lowest BCUT2D eigenvalue weighted by molar-refractivity contribution is -0.151. The zero-order chi connectivity index (χ0) is 24.2. The smallest absolute Gasteiger partial charge is 0.252 e. The maximum atomic E-state index is 12.9. The Morgan fingerprint density at radius 3 is 2.62 bits per heavy atom. The first-order valence-electron chi connectivity index (χ1n) is 12.2. The fourth-order valence-corrected chi connectivity index (χ4v) is 5.18. The molecule has 2 aliphatic rings. The first kappa shape index (κ1) is 24.8. The monoisotopic (exact) mass is 483 g/mol. The minimum atomic E-state index is -0.276. The van der Waals surface area contributed by atoms with Crippen LogP contribution in [-0.2, 0) is 22.5 Å². The van der Waals surface area contributed by atoms with Gasteiger partial charge in [-0.3, -0.25) is 19.5 Å². The highest BCUT2D eigenvalue weighted by atomic mass is 35.5. The van der Waals surface area contributed by atoms with Crippen molar-refractivity contribution < 1.29 is 14.3 Å². The van der Waals surface area contributed by atoms with Crippen molar-refractivity contribution in [3.8, 4) is 0 Å². The van der Waals surface area contributed by atoms with Crippen LogP contribution in [-0.4, -0.2) is 64.9 Å². The lowest BCUT2D eigenvalue weighted by Gasteiger charge is -2.41. The molecule has 182 valence electrons. The van der Waals surface area contributed by atoms with Gasteiger partial charge >= 0.3 is 0 Å². The van der Waals surface area contributed by atoms with E-state index in [1.54, 1.807) is 6.20 Å². The predicted octanol–water partition coefficient (Wildman–Crippen LogP) is 4.38. The number of rotatable bonds is 6. The highest BCUT2D eigenvalue weighted by Crippen LogP contribution is 2.25. The Hall–Kier alpha value is -2.28. The van der Waals surface area contributed by atoms with E-state index in [1.165, 1.54) is 0 Å². The summed E-state index contributed by atoms with van der Waals surface area (Å²) in [6.07, 6.45) is 4.59. The minimum Gasteiger partial charge on any atom is -0.368 e. The van der Waals surface area contributed by atoms with Crippen molar-refractivity contribution in [2.75, 3.05) is 26.2 Å². The molecule has 3 heterocycles. The van der Waals surface area contributed by atoms with Crippen LogP contribution in [0.3, 0.4) is 0 Å². The highest BCUT2D eigenvalue weighted by Gasteiger charge is 2.33. The van der Waals surface area contributed by atoms with Crippen LogP contribution in [0.25, 0.3) is 0 Å². The van der Waals surface area contributed by atoms with Gasteiger partial charge in [0.15, 0.2) is 5.78 Å². The van der Waals surface area contributed by atoms with Gasteiger partial charge in [0, 0.05) is 67.7 Å². The number of Topliss-reactive ketones (excluding diaryl/α,β-unsaturated/α-hetero) is 1. The second kappa shape index (κ2) is 11.0. The van der Waals surface area contributed by atoms with Gasteiger partial charge in [-0.25, -0.2) is 0 Å². The molecule has 2 saturated heterocycles. The van der Waals surface area contributed by atoms with E-state index in [1.807, 2.05) is 36.1 Å². The Balaban J connectivity index is 1.41. The molecule has 0 radical (unpaired) electrons. The van der Waals surface area contributed by atoms with Crippen LogP contribution in [0.4, 0.5) is 0 Å². The normalized spacial score (nSPS) is 21.5. The lowest BCUT2D eigenvalue weighted by Crippen LogP contribution is -2.56. The number of aryl methyl sites for hydroxylation is 1. The van der Waals surface area contributed by atoms with Gasteiger partial charge in [-0.1, -0.05) is 11.6 Å². The molecule has 1 aromatic carbocycles. The summed E-state index contributed by atoms with van der Waals surface area (Å²) < 4.78 is 5.72. The van der Waals surface area contributed by atoms with Gasteiger partial charge in [-0.05, 0) is 81.0 Å². The molecule has 7 heteroatoms. The maximum absolute atomic E-state index is 12.9. The molecule has 2 atom stereocenters. The summed E-state index contributed by atoms with van der Waals surface area (Å²) in [6.45, 7) is 9.80. The largest absolute Gasteiger partial charge is 0.368 e. The standard InChI is InChI=1S/C27H34ClN3O3/c1-18-7-8-21(15-29-18)25(32)14-22-12-24(28)13-23(20(22)3)17-30-9-10-31(19(2)16-30)27(33)26-6-4-5-11-34-26/h7-8,12-13,15,19,26H,4-6,9-11,14,16-17H2,1-3H3/t19-,26-/m0/s1. The van der Waals surface area contributed by atoms with Crippen molar-refractivity contribution in [2.45, 2.75) is 65.1 Å². The summed E-state index contributed by atoms with van der Waals surface area (Å²) in [4.78, 5) is 34.4. The van der Waals surface area contributed by atoms with E-state index in [0.717, 1.165) is 61.3 Å². The fourth-order valence-electron chi connectivity index (χ4n) is 4.92. The average Bonchev–Trinajstić information content (AvgIpc) is 2.82. The fraction of sp³-hybridized carbons (Fsp3) is 0.519. The predicted molar refractivity (Wildman–Crippen MR) is 133 cm³/mol. The molecule has 6 nitrogen and oxygen atoms in total. The van der Waals surface area contributed by atoms with E-state index in [9.17, 15) is 9.59 Å². The topological polar surface area (TPSA) is 62.7 Å². The molecule has 2 fully saturated rings. The Labute approximate surface area is 207 Å². The van der Waals surface area contributed by atoms with Gasteiger partial charge < -0.3 is 9.64 Å². The molecule has 0 aliphatic carbocycles. The number of nitrogens with zero attached hydrogens (tertiary/aromatic N) is 3. The number of ketones is 1. The molecular weight excluding hydrogens is 450 g/mol. The van der Waals surface area contributed by atoms with E-state index < -0.39 is 0 Å². The minimum absolute atomic E-state index is 0.0366. The number of ether oxygens (including phenoxy) is 1. The van der Waals surface area contributed by atoms with Gasteiger partial charge in [0.25, 0.3) is 5.91 Å². The number of carbonyl (C=O) groups is 2. The van der Waals surface area contributed by atoms with Gasteiger partial charge in [0.1, 0.15) is 6.10 Å². The van der Waals surface area contributed by atoms with Crippen LogP contribution < -0.4 is 0 Å². The summed E-state index contributed by atoms with van der Waals surface area (Å²) in [5.74, 6) is 0.173. The average molecular weight is 484 g/mol. The van der Waals surface area contributed by atoms with Crippen molar-refractivity contribution in [3.63, 3.8) is 0 Å². The first-order chi connectivity index (χ1) is 16.3. The van der Waals surface area contributed by atoms with E-state index in [4.69, 9.17) is 16.3 Å². The van der Waals surface area contributed by atoms with Gasteiger partial charge in [0.2, 0.25) is 0 Å². The maximum Gasteiger partial charge on any atom is 0.252 e. The number of carbonyl (C=O) groups excluding carboxylic acids is 2. The van der Waals surface area contributed by atoms with Crippen LogP contribution in [0, 0.1) is 13.8 Å². The molecule has 0 saturated carbocycles. The van der Waals surface area contributed by atoms with Crippen LogP contribution in [0.15, 0.2) is 30.5 Å². The molecule has 0 unspecified atom stereocenters. The number of pyridine rings is 1. The summed E-state index contributed by atoms with van der Waals surface area (Å²) in [6, 6.07) is 7.70. The van der Waals surface area contributed by atoms with Crippen LogP contribution >= 0.6 is 11.6 Å². The SMILES string of the molecule is Cc1ccc(C(=O)Cc2cc(Cl)cc(CN3CCN(C(=O)[C@@H]4CCCCO4)[C@@H](C)C3)c2C)cn1. The number of aromatic nitrogens is 1. The van der Waals surface area contributed by atoms with Gasteiger partial charge in [-0.15, -0.1) is 0 Å². The summed E-state index contributed by atoms with van der Waals surface area (Å²) in [5, 5.41) is 0.641. The third-order valence-corrected chi connectivity index (χ3v) is 7.23. The van der Waals surface area contributed by atoms with Crippen molar-refractivity contribution >= 4 is 23.3 Å². The van der Waals surface area contributed by atoms with Crippen LogP contribution in [0.2, 0.25) is 5.02 Å². The van der Waals surface area contributed by atoms with Crippen LogP contribution in [0.5, 0.6) is 0 Å². The first-order valence-corrected chi connectivity index (χ1v) is 12.6. The zero-order valence-corrected chi connectivity index (χ0v) is 21.1. The Kier molecular flexibility index (Phi) is 8.02. The molecule has 34 heavy (non-hydrogen) atoms. The molecule has 2 aliphatic heterocycles. The number of piperazine rings is 1. The zero-order valence-electron chi connectivity index (χ0n) is 20.3. The number of benzene rings is 1. The summed E-state index contributed by atoms with van der Waals surface area (Å²) in [5.41, 5.74) is 4.67. The molecule has 0 spiro atoms. The quantitative estimate of drug-likeness (QED) is 0.570. The molecule has 4 rings (SSSR count). The number of hydrogen-bond acceptors (Lipinski definition) is 5. The lowest BCUT2D eigenvalue weighted by atomic mass is 9.96. The Morgan fingerprint density at radius 1 is 1.15 bits per heavy atom. The third-order valence-electron chi connectivity index (χ3n) is 7.02. The Bertz CT molecular complexity index is 1030. The van der Waals surface area contributed by atoms with Crippen molar-refractivity contribution in [3.05, 3.63) is 63.4 Å². The summed E-state index contributed by atoms with van der Waals surface area (Å²) >= 11 is 6.46. The van der Waals surface area contributed by atoms with E-state index in [2.05, 4.69) is 23.7 Å². The van der Waals surface area contributed by atoms with E-state index in [0.29, 0.717) is 30.2 Å². The number of halogens is 1. The molecule has 2 aromatic rings.